The van der Waals surface area contributed by atoms with Gasteiger partial charge in [-0.25, -0.2) is 4.98 Å². The van der Waals surface area contributed by atoms with E-state index >= 15 is 0 Å². The molecule has 0 aliphatic heterocycles. The molecule has 0 radical (unpaired) electrons. The number of aryl methyl sites for hydroxylation is 1. The molecule has 3 heteroatoms. The van der Waals surface area contributed by atoms with Gasteiger partial charge in [-0.3, -0.25) is 0 Å². The molecule has 16 heavy (non-hydrogen) atoms. The third-order valence-corrected chi connectivity index (χ3v) is 3.45. The summed E-state index contributed by atoms with van der Waals surface area (Å²) in [5, 5.41) is 0. The highest BCUT2D eigenvalue weighted by molar-refractivity contribution is 14.1. The van der Waals surface area contributed by atoms with Crippen LogP contribution in [-0.4, -0.2) is 4.98 Å². The monoisotopic (exact) mass is 321 g/mol. The van der Waals surface area contributed by atoms with E-state index in [0.717, 1.165) is 16.6 Å². The number of halogens is 1. The second-order valence-corrected chi connectivity index (χ2v) is 5.04. The SMILES string of the molecule is C[n+]1c2ccccc2nc2cc(I)ccc21. The van der Waals surface area contributed by atoms with Gasteiger partial charge in [-0.05, 0) is 40.8 Å². The molecule has 2 nitrogen and oxygen atoms in total. The van der Waals surface area contributed by atoms with E-state index in [2.05, 4.69) is 69.5 Å². The Kier molecular flexibility index (Phi) is 2.28. The lowest BCUT2D eigenvalue weighted by Gasteiger charge is -2.01. The molecular formula is C13H10IN2+. The average molecular weight is 321 g/mol. The van der Waals surface area contributed by atoms with Gasteiger partial charge in [-0.15, -0.1) is 0 Å². The fraction of sp³-hybridized carbons (Fsp3) is 0.0769. The Balaban J connectivity index is 2.55. The van der Waals surface area contributed by atoms with E-state index in [1.165, 1.54) is 9.09 Å². The number of benzene rings is 2. The average Bonchev–Trinajstić information content (AvgIpc) is 2.29. The van der Waals surface area contributed by atoms with Crippen LogP contribution in [0.4, 0.5) is 0 Å². The molecule has 78 valence electrons. The van der Waals surface area contributed by atoms with Crippen molar-refractivity contribution in [3.05, 3.63) is 46.0 Å². The van der Waals surface area contributed by atoms with Crippen molar-refractivity contribution in [3.63, 3.8) is 0 Å². The molecule has 0 fully saturated rings. The van der Waals surface area contributed by atoms with Crippen molar-refractivity contribution in [2.75, 3.05) is 0 Å². The van der Waals surface area contributed by atoms with Gasteiger partial charge in [0.15, 0.2) is 0 Å². The van der Waals surface area contributed by atoms with E-state index in [1.807, 2.05) is 12.1 Å². The van der Waals surface area contributed by atoms with Gasteiger partial charge >= 0.3 is 0 Å². The van der Waals surface area contributed by atoms with Crippen LogP contribution in [0.25, 0.3) is 22.1 Å². The molecule has 0 saturated carbocycles. The highest BCUT2D eigenvalue weighted by atomic mass is 127. The Labute approximate surface area is 107 Å². The molecule has 0 spiro atoms. The van der Waals surface area contributed by atoms with Crippen LogP contribution >= 0.6 is 22.6 Å². The maximum Gasteiger partial charge on any atom is 0.231 e. The van der Waals surface area contributed by atoms with E-state index < -0.39 is 0 Å². The summed E-state index contributed by atoms with van der Waals surface area (Å²) in [4.78, 5) is 4.67. The number of hydrogen-bond donors (Lipinski definition) is 0. The third-order valence-electron chi connectivity index (χ3n) is 2.78. The largest absolute Gasteiger partial charge is 0.235 e. The summed E-state index contributed by atoms with van der Waals surface area (Å²) in [5.74, 6) is 0. The number of para-hydroxylation sites is 2. The summed E-state index contributed by atoms with van der Waals surface area (Å²) < 4.78 is 3.40. The maximum atomic E-state index is 4.67. The standard InChI is InChI=1S/C13H10IN2/c1-16-12-5-3-2-4-10(12)15-11-8-9(14)6-7-13(11)16/h2-8H,1H3/q+1. The summed E-state index contributed by atoms with van der Waals surface area (Å²) in [6.07, 6.45) is 0. The zero-order chi connectivity index (χ0) is 11.1. The number of fused-ring (bicyclic) bond motifs is 2. The first-order valence-corrected chi connectivity index (χ1v) is 6.17. The molecular weight excluding hydrogens is 311 g/mol. The fourth-order valence-corrected chi connectivity index (χ4v) is 2.45. The van der Waals surface area contributed by atoms with Gasteiger partial charge in [-0.2, -0.15) is 4.57 Å². The normalized spacial score (nSPS) is 11.1. The van der Waals surface area contributed by atoms with Crippen LogP contribution in [0.2, 0.25) is 0 Å². The molecule has 0 aliphatic carbocycles. The molecule has 0 atom stereocenters. The first-order chi connectivity index (χ1) is 7.75. The van der Waals surface area contributed by atoms with Gasteiger partial charge in [0.1, 0.15) is 18.1 Å². The zero-order valence-electron chi connectivity index (χ0n) is 8.81. The first kappa shape index (κ1) is 9.96. The van der Waals surface area contributed by atoms with Crippen LogP contribution in [0.1, 0.15) is 0 Å². The highest BCUT2D eigenvalue weighted by Gasteiger charge is 2.11. The lowest BCUT2D eigenvalue weighted by atomic mass is 10.2. The number of rotatable bonds is 0. The Morgan fingerprint density at radius 2 is 1.75 bits per heavy atom. The number of hydrogen-bond acceptors (Lipinski definition) is 1. The Bertz CT molecular complexity index is 692. The molecule has 1 aromatic heterocycles. The van der Waals surface area contributed by atoms with Crippen LogP contribution in [0, 0.1) is 3.57 Å². The van der Waals surface area contributed by atoms with Gasteiger partial charge in [0.05, 0.1) is 0 Å². The van der Waals surface area contributed by atoms with Crippen molar-refractivity contribution in [2.24, 2.45) is 7.05 Å². The summed E-state index contributed by atoms with van der Waals surface area (Å²) in [7, 11) is 2.08. The Hall–Kier alpha value is -1.23. The molecule has 2 aromatic carbocycles. The smallest absolute Gasteiger partial charge is 0.231 e. The Morgan fingerprint density at radius 1 is 1.00 bits per heavy atom. The van der Waals surface area contributed by atoms with E-state index in [1.54, 1.807) is 0 Å². The van der Waals surface area contributed by atoms with Crippen molar-refractivity contribution >= 4 is 44.7 Å². The molecule has 0 N–H and O–H groups in total. The van der Waals surface area contributed by atoms with E-state index in [4.69, 9.17) is 0 Å². The third kappa shape index (κ3) is 1.46. The first-order valence-electron chi connectivity index (χ1n) is 5.10. The number of nitrogens with zero attached hydrogens (tertiary/aromatic N) is 2. The van der Waals surface area contributed by atoms with Gasteiger partial charge in [0.25, 0.3) is 0 Å². The summed E-state index contributed by atoms with van der Waals surface area (Å²) >= 11 is 2.31. The highest BCUT2D eigenvalue weighted by Crippen LogP contribution is 2.16. The predicted octanol–water partition coefficient (Wildman–Crippen LogP) is 2.82. The maximum absolute atomic E-state index is 4.67. The molecule has 0 amide bonds. The lowest BCUT2D eigenvalue weighted by Crippen LogP contribution is -2.30. The van der Waals surface area contributed by atoms with Crippen molar-refractivity contribution in [1.82, 2.24) is 4.98 Å². The lowest BCUT2D eigenvalue weighted by molar-refractivity contribution is -0.617. The van der Waals surface area contributed by atoms with Gasteiger partial charge in [0, 0.05) is 15.7 Å². The van der Waals surface area contributed by atoms with Gasteiger partial charge in [-0.1, -0.05) is 12.1 Å². The minimum Gasteiger partial charge on any atom is -0.235 e. The van der Waals surface area contributed by atoms with Crippen LogP contribution < -0.4 is 4.57 Å². The van der Waals surface area contributed by atoms with Crippen LogP contribution in [0.5, 0.6) is 0 Å². The molecule has 0 saturated heterocycles. The Morgan fingerprint density at radius 3 is 2.62 bits per heavy atom. The minimum atomic E-state index is 1.04. The van der Waals surface area contributed by atoms with Gasteiger partial charge in [0.2, 0.25) is 11.0 Å². The van der Waals surface area contributed by atoms with Crippen molar-refractivity contribution in [1.29, 1.82) is 0 Å². The van der Waals surface area contributed by atoms with Crippen molar-refractivity contribution < 1.29 is 4.57 Å². The summed E-state index contributed by atoms with van der Waals surface area (Å²) in [6, 6.07) is 14.6. The van der Waals surface area contributed by atoms with E-state index in [0.29, 0.717) is 0 Å². The van der Waals surface area contributed by atoms with E-state index in [9.17, 15) is 0 Å². The summed E-state index contributed by atoms with van der Waals surface area (Å²) in [6.45, 7) is 0. The minimum absolute atomic E-state index is 1.04. The number of aromatic nitrogens is 2. The summed E-state index contributed by atoms with van der Waals surface area (Å²) in [5.41, 5.74) is 4.42. The molecule has 0 aliphatic rings. The topological polar surface area (TPSA) is 16.8 Å². The quantitative estimate of drug-likeness (QED) is 0.353. The van der Waals surface area contributed by atoms with E-state index in [-0.39, 0.29) is 0 Å². The molecule has 1 heterocycles. The second kappa shape index (κ2) is 3.66. The predicted molar refractivity (Wildman–Crippen MR) is 73.1 cm³/mol. The van der Waals surface area contributed by atoms with Crippen molar-refractivity contribution in [3.8, 4) is 0 Å². The van der Waals surface area contributed by atoms with Gasteiger partial charge < -0.3 is 0 Å². The van der Waals surface area contributed by atoms with Crippen LogP contribution in [0.15, 0.2) is 42.5 Å². The fourth-order valence-electron chi connectivity index (χ4n) is 1.97. The van der Waals surface area contributed by atoms with Crippen LogP contribution in [-0.2, 0) is 7.05 Å². The molecule has 3 rings (SSSR count). The molecule has 0 bridgehead atoms. The molecule has 3 aromatic rings. The molecule has 0 unspecified atom stereocenters. The van der Waals surface area contributed by atoms with Crippen molar-refractivity contribution in [2.45, 2.75) is 0 Å². The second-order valence-electron chi connectivity index (χ2n) is 3.79. The zero-order valence-corrected chi connectivity index (χ0v) is 11.0. The van der Waals surface area contributed by atoms with Crippen LogP contribution in [0.3, 0.4) is 0 Å².